The molecule has 1 aliphatic heterocycles. The van der Waals surface area contributed by atoms with Crippen LogP contribution in [0.2, 0.25) is 0 Å². The fourth-order valence-electron chi connectivity index (χ4n) is 4.01. The molecular weight excluding hydrogens is 381 g/mol. The SMILES string of the molecule is CC(c1ccc(F)cc1)c1nc(C(=O)NC2CCC2)cnc1NCCN1CCCC1. The van der Waals surface area contributed by atoms with Crippen molar-refractivity contribution in [1.82, 2.24) is 20.2 Å². The molecular formula is C23H30FN5O. The molecule has 2 N–H and O–H groups in total. The van der Waals surface area contributed by atoms with Gasteiger partial charge in [0.2, 0.25) is 0 Å². The molecule has 30 heavy (non-hydrogen) atoms. The van der Waals surface area contributed by atoms with Gasteiger partial charge < -0.3 is 15.5 Å². The molecule has 1 unspecified atom stereocenters. The third-order valence-corrected chi connectivity index (χ3v) is 6.17. The van der Waals surface area contributed by atoms with E-state index in [1.807, 2.05) is 6.92 Å². The maximum atomic E-state index is 13.4. The van der Waals surface area contributed by atoms with Crippen LogP contribution in [0.5, 0.6) is 0 Å². The topological polar surface area (TPSA) is 70.1 Å². The Morgan fingerprint density at radius 2 is 1.93 bits per heavy atom. The van der Waals surface area contributed by atoms with E-state index in [4.69, 9.17) is 0 Å². The first-order chi connectivity index (χ1) is 14.6. The number of hydrogen-bond donors (Lipinski definition) is 2. The summed E-state index contributed by atoms with van der Waals surface area (Å²) < 4.78 is 13.4. The van der Waals surface area contributed by atoms with E-state index in [-0.39, 0.29) is 23.7 Å². The van der Waals surface area contributed by atoms with Gasteiger partial charge in [0, 0.05) is 25.0 Å². The number of anilines is 1. The Bertz CT molecular complexity index is 862. The number of nitrogens with zero attached hydrogens (tertiary/aromatic N) is 3. The quantitative estimate of drug-likeness (QED) is 0.695. The van der Waals surface area contributed by atoms with E-state index >= 15 is 0 Å². The van der Waals surface area contributed by atoms with E-state index in [9.17, 15) is 9.18 Å². The van der Waals surface area contributed by atoms with Crippen molar-refractivity contribution in [2.75, 3.05) is 31.5 Å². The molecule has 1 amide bonds. The first-order valence-electron chi connectivity index (χ1n) is 11.0. The second-order valence-corrected chi connectivity index (χ2v) is 8.34. The Kier molecular flexibility index (Phi) is 6.57. The van der Waals surface area contributed by atoms with Gasteiger partial charge in [-0.1, -0.05) is 19.1 Å². The predicted octanol–water partition coefficient (Wildman–Crippen LogP) is 3.56. The average Bonchev–Trinajstić information content (AvgIpc) is 3.24. The summed E-state index contributed by atoms with van der Waals surface area (Å²) >= 11 is 0. The number of nitrogens with one attached hydrogen (secondary N) is 2. The first kappa shape index (κ1) is 20.7. The van der Waals surface area contributed by atoms with Crippen molar-refractivity contribution in [2.24, 2.45) is 0 Å². The molecule has 1 saturated carbocycles. The maximum Gasteiger partial charge on any atom is 0.271 e. The Morgan fingerprint density at radius 1 is 1.20 bits per heavy atom. The highest BCUT2D eigenvalue weighted by molar-refractivity contribution is 5.92. The van der Waals surface area contributed by atoms with Crippen molar-refractivity contribution in [3.05, 3.63) is 53.2 Å². The number of hydrogen-bond acceptors (Lipinski definition) is 5. The molecule has 0 radical (unpaired) electrons. The number of benzene rings is 1. The molecule has 4 rings (SSSR count). The summed E-state index contributed by atoms with van der Waals surface area (Å²) in [7, 11) is 0. The third-order valence-electron chi connectivity index (χ3n) is 6.17. The Labute approximate surface area is 177 Å². The molecule has 160 valence electrons. The first-order valence-corrected chi connectivity index (χ1v) is 11.0. The average molecular weight is 412 g/mol. The van der Waals surface area contributed by atoms with Gasteiger partial charge in [0.05, 0.1) is 11.9 Å². The van der Waals surface area contributed by atoms with Gasteiger partial charge in [-0.05, 0) is 62.9 Å². The van der Waals surface area contributed by atoms with Gasteiger partial charge in [-0.2, -0.15) is 0 Å². The van der Waals surface area contributed by atoms with Crippen molar-refractivity contribution < 1.29 is 9.18 Å². The lowest BCUT2D eigenvalue weighted by atomic mass is 9.93. The maximum absolute atomic E-state index is 13.4. The van der Waals surface area contributed by atoms with Crippen LogP contribution >= 0.6 is 0 Å². The zero-order chi connectivity index (χ0) is 20.9. The molecule has 6 nitrogen and oxygen atoms in total. The van der Waals surface area contributed by atoms with Crippen LogP contribution in [0.1, 0.15) is 66.7 Å². The van der Waals surface area contributed by atoms with Crippen LogP contribution < -0.4 is 10.6 Å². The van der Waals surface area contributed by atoms with Crippen molar-refractivity contribution in [2.45, 2.75) is 51.0 Å². The van der Waals surface area contributed by atoms with Gasteiger partial charge in [-0.15, -0.1) is 0 Å². The van der Waals surface area contributed by atoms with Crippen molar-refractivity contribution >= 4 is 11.7 Å². The highest BCUT2D eigenvalue weighted by atomic mass is 19.1. The lowest BCUT2D eigenvalue weighted by Crippen LogP contribution is -2.40. The summed E-state index contributed by atoms with van der Waals surface area (Å²) in [5.41, 5.74) is 1.98. The van der Waals surface area contributed by atoms with E-state index in [1.165, 1.54) is 25.0 Å². The lowest BCUT2D eigenvalue weighted by molar-refractivity contribution is 0.0911. The van der Waals surface area contributed by atoms with Crippen LogP contribution in [0.15, 0.2) is 30.5 Å². The van der Waals surface area contributed by atoms with Gasteiger partial charge >= 0.3 is 0 Å². The normalized spacial score (nSPS) is 18.1. The van der Waals surface area contributed by atoms with Crippen LogP contribution in [-0.4, -0.2) is 53.0 Å². The Morgan fingerprint density at radius 3 is 2.60 bits per heavy atom. The minimum Gasteiger partial charge on any atom is -0.367 e. The van der Waals surface area contributed by atoms with E-state index in [1.54, 1.807) is 18.3 Å². The second-order valence-electron chi connectivity index (χ2n) is 8.34. The highest BCUT2D eigenvalue weighted by Gasteiger charge is 2.23. The minimum atomic E-state index is -0.269. The standard InChI is InChI=1S/C23H30FN5O/c1-16(17-7-9-18(24)10-8-17)21-22(25-11-14-29-12-2-3-13-29)26-15-20(28-21)23(30)27-19-5-4-6-19/h7-10,15-16,19H,2-6,11-14H2,1H3,(H,25,26)(H,27,30). The summed E-state index contributed by atoms with van der Waals surface area (Å²) in [6, 6.07) is 6.67. The summed E-state index contributed by atoms with van der Waals surface area (Å²) in [4.78, 5) is 24.3. The summed E-state index contributed by atoms with van der Waals surface area (Å²) in [5.74, 6) is 0.119. The Hall–Kier alpha value is -2.54. The van der Waals surface area contributed by atoms with Gasteiger partial charge in [-0.3, -0.25) is 4.79 Å². The number of carbonyl (C=O) groups is 1. The summed E-state index contributed by atoms with van der Waals surface area (Å²) in [5, 5.41) is 6.44. The molecule has 2 heterocycles. The smallest absolute Gasteiger partial charge is 0.271 e. The molecule has 1 aliphatic carbocycles. The summed E-state index contributed by atoms with van der Waals surface area (Å²) in [6.07, 6.45) is 7.27. The van der Waals surface area contributed by atoms with Crippen LogP contribution in [-0.2, 0) is 0 Å². The van der Waals surface area contributed by atoms with Crippen LogP contribution in [0.4, 0.5) is 10.2 Å². The number of likely N-dealkylation sites (tertiary alicyclic amines) is 1. The van der Waals surface area contributed by atoms with Gasteiger partial charge in [0.25, 0.3) is 5.91 Å². The molecule has 2 aliphatic rings. The highest BCUT2D eigenvalue weighted by Crippen LogP contribution is 2.28. The molecule has 1 saturated heterocycles. The molecule has 2 aromatic rings. The molecule has 2 fully saturated rings. The largest absolute Gasteiger partial charge is 0.367 e. The fraction of sp³-hybridized carbons (Fsp3) is 0.522. The monoisotopic (exact) mass is 411 g/mol. The number of aromatic nitrogens is 2. The zero-order valence-electron chi connectivity index (χ0n) is 17.5. The predicted molar refractivity (Wildman–Crippen MR) is 115 cm³/mol. The number of carbonyl (C=O) groups excluding carboxylic acids is 1. The molecule has 1 atom stereocenters. The molecule has 1 aromatic carbocycles. The number of halogens is 1. The number of rotatable bonds is 8. The minimum absolute atomic E-state index is 0.121. The van der Waals surface area contributed by atoms with Crippen molar-refractivity contribution in [3.63, 3.8) is 0 Å². The molecule has 0 spiro atoms. The van der Waals surface area contributed by atoms with Gasteiger partial charge in [0.1, 0.15) is 17.3 Å². The zero-order valence-corrected chi connectivity index (χ0v) is 17.5. The van der Waals surface area contributed by atoms with E-state index in [0.717, 1.165) is 51.0 Å². The summed E-state index contributed by atoms with van der Waals surface area (Å²) in [6.45, 7) is 6.02. The second kappa shape index (κ2) is 9.51. The van der Waals surface area contributed by atoms with E-state index in [2.05, 4.69) is 25.5 Å². The number of amides is 1. The van der Waals surface area contributed by atoms with Crippen LogP contribution in [0.25, 0.3) is 0 Å². The third kappa shape index (κ3) is 4.95. The molecule has 0 bridgehead atoms. The van der Waals surface area contributed by atoms with E-state index in [0.29, 0.717) is 17.2 Å². The lowest BCUT2D eigenvalue weighted by Gasteiger charge is -2.26. The van der Waals surface area contributed by atoms with Gasteiger partial charge in [0.15, 0.2) is 0 Å². The van der Waals surface area contributed by atoms with Crippen LogP contribution in [0.3, 0.4) is 0 Å². The van der Waals surface area contributed by atoms with Crippen molar-refractivity contribution in [1.29, 1.82) is 0 Å². The van der Waals surface area contributed by atoms with Crippen molar-refractivity contribution in [3.8, 4) is 0 Å². The van der Waals surface area contributed by atoms with Crippen LogP contribution in [0, 0.1) is 5.82 Å². The van der Waals surface area contributed by atoms with Gasteiger partial charge in [-0.25, -0.2) is 14.4 Å². The Balaban J connectivity index is 1.53. The fourth-order valence-corrected chi connectivity index (χ4v) is 4.01. The molecule has 7 heteroatoms. The van der Waals surface area contributed by atoms with E-state index < -0.39 is 0 Å². The molecule has 1 aromatic heterocycles.